The Bertz CT molecular complexity index is 1140. The van der Waals surface area contributed by atoms with Crippen LogP contribution in [0.1, 0.15) is 15.9 Å². The van der Waals surface area contributed by atoms with E-state index in [9.17, 15) is 18.0 Å². The zero-order valence-electron chi connectivity index (χ0n) is 14.7. The third kappa shape index (κ3) is 4.54. The van der Waals surface area contributed by atoms with Gasteiger partial charge < -0.3 is 10.1 Å². The van der Waals surface area contributed by atoms with Gasteiger partial charge in [-0.05, 0) is 29.8 Å². The minimum absolute atomic E-state index is 0.0419. The largest absolute Gasteiger partial charge is 0.573 e. The van der Waals surface area contributed by atoms with Gasteiger partial charge in [0.25, 0.3) is 5.91 Å². The highest BCUT2D eigenvalue weighted by Crippen LogP contribution is 2.25. The van der Waals surface area contributed by atoms with Gasteiger partial charge in [0, 0.05) is 12.7 Å². The molecule has 0 aliphatic heterocycles. The maximum atomic E-state index is 12.4. The first-order valence-electron chi connectivity index (χ1n) is 8.41. The number of aromatic nitrogens is 3. The molecular formula is C19H13F3N4O2S. The lowest BCUT2D eigenvalue weighted by atomic mass is 10.2. The number of benzene rings is 2. The number of thiazole rings is 1. The predicted octanol–water partition coefficient (Wildman–Crippen LogP) is 4.31. The van der Waals surface area contributed by atoms with E-state index in [0.29, 0.717) is 16.3 Å². The van der Waals surface area contributed by atoms with Crippen molar-refractivity contribution in [3.05, 3.63) is 72.1 Å². The molecule has 4 rings (SSSR count). The van der Waals surface area contributed by atoms with Gasteiger partial charge in [-0.25, -0.2) is 9.67 Å². The summed E-state index contributed by atoms with van der Waals surface area (Å²) in [5.41, 5.74) is 1.63. The average Bonchev–Trinajstić information content (AvgIpc) is 3.32. The molecule has 148 valence electrons. The Morgan fingerprint density at radius 3 is 2.79 bits per heavy atom. The molecule has 2 heterocycles. The lowest BCUT2D eigenvalue weighted by Gasteiger charge is -2.10. The molecule has 6 nitrogen and oxygen atoms in total. The van der Waals surface area contributed by atoms with Gasteiger partial charge in [-0.15, -0.1) is 13.2 Å². The quantitative estimate of drug-likeness (QED) is 0.524. The molecule has 0 aliphatic rings. The fourth-order valence-electron chi connectivity index (χ4n) is 2.64. The van der Waals surface area contributed by atoms with Crippen LogP contribution in [0.5, 0.6) is 5.75 Å². The van der Waals surface area contributed by atoms with E-state index < -0.39 is 12.3 Å². The van der Waals surface area contributed by atoms with Crippen molar-refractivity contribution in [3.8, 4) is 10.9 Å². The molecule has 0 spiro atoms. The van der Waals surface area contributed by atoms with Crippen LogP contribution in [-0.2, 0) is 6.54 Å². The zero-order chi connectivity index (χ0) is 20.4. The predicted molar refractivity (Wildman–Crippen MR) is 101 cm³/mol. The van der Waals surface area contributed by atoms with E-state index in [-0.39, 0.29) is 12.3 Å². The summed E-state index contributed by atoms with van der Waals surface area (Å²) >= 11 is 1.44. The number of para-hydroxylation sites is 1. The minimum Gasteiger partial charge on any atom is -0.406 e. The van der Waals surface area contributed by atoms with Crippen molar-refractivity contribution in [2.24, 2.45) is 0 Å². The van der Waals surface area contributed by atoms with Crippen LogP contribution in [0.4, 0.5) is 13.2 Å². The van der Waals surface area contributed by atoms with Gasteiger partial charge in [-0.2, -0.15) is 5.10 Å². The topological polar surface area (TPSA) is 69.0 Å². The number of fused-ring (bicyclic) bond motifs is 1. The van der Waals surface area contributed by atoms with Crippen LogP contribution in [0.3, 0.4) is 0 Å². The Morgan fingerprint density at radius 1 is 1.17 bits per heavy atom. The van der Waals surface area contributed by atoms with E-state index in [2.05, 4.69) is 20.1 Å². The summed E-state index contributed by atoms with van der Waals surface area (Å²) < 4.78 is 43.3. The molecule has 4 aromatic rings. The molecule has 0 aliphatic carbocycles. The molecule has 10 heteroatoms. The molecule has 0 atom stereocenters. The number of rotatable bonds is 5. The van der Waals surface area contributed by atoms with Crippen molar-refractivity contribution < 1.29 is 22.7 Å². The van der Waals surface area contributed by atoms with Crippen LogP contribution in [0.2, 0.25) is 0 Å². The Morgan fingerprint density at radius 2 is 2.00 bits per heavy atom. The number of hydrogen-bond acceptors (Lipinski definition) is 5. The molecule has 1 amide bonds. The van der Waals surface area contributed by atoms with Crippen LogP contribution >= 0.6 is 11.3 Å². The van der Waals surface area contributed by atoms with Gasteiger partial charge >= 0.3 is 6.36 Å². The van der Waals surface area contributed by atoms with Crippen molar-refractivity contribution in [1.82, 2.24) is 20.1 Å². The van der Waals surface area contributed by atoms with Gasteiger partial charge in [-0.1, -0.05) is 35.6 Å². The second-order valence-corrected chi connectivity index (χ2v) is 7.02. The summed E-state index contributed by atoms with van der Waals surface area (Å²) in [5.74, 6) is -0.743. The van der Waals surface area contributed by atoms with Crippen molar-refractivity contribution in [2.45, 2.75) is 12.9 Å². The Balaban J connectivity index is 1.43. The molecule has 29 heavy (non-hydrogen) atoms. The number of nitrogens with one attached hydrogen (secondary N) is 1. The van der Waals surface area contributed by atoms with E-state index in [1.807, 2.05) is 24.3 Å². The third-order valence-corrected chi connectivity index (χ3v) is 4.93. The second kappa shape index (κ2) is 7.55. The Labute approximate surface area is 166 Å². The van der Waals surface area contributed by atoms with Crippen molar-refractivity contribution in [2.75, 3.05) is 0 Å². The van der Waals surface area contributed by atoms with E-state index in [4.69, 9.17) is 0 Å². The normalized spacial score (nSPS) is 11.6. The highest BCUT2D eigenvalue weighted by Gasteiger charge is 2.31. The number of alkyl halides is 3. The first-order valence-corrected chi connectivity index (χ1v) is 9.22. The molecular weight excluding hydrogens is 405 g/mol. The maximum Gasteiger partial charge on any atom is 0.573 e. The summed E-state index contributed by atoms with van der Waals surface area (Å²) in [6, 6.07) is 13.1. The van der Waals surface area contributed by atoms with Gasteiger partial charge in [0.2, 0.25) is 5.13 Å². The Hall–Kier alpha value is -3.40. The minimum atomic E-state index is -4.77. The Kier molecular flexibility index (Phi) is 4.93. The van der Waals surface area contributed by atoms with E-state index in [1.165, 1.54) is 40.4 Å². The highest BCUT2D eigenvalue weighted by atomic mass is 32.1. The fourth-order valence-corrected chi connectivity index (χ4v) is 3.54. The summed E-state index contributed by atoms with van der Waals surface area (Å²) in [6.07, 6.45) is -1.81. The monoisotopic (exact) mass is 418 g/mol. The zero-order valence-corrected chi connectivity index (χ0v) is 15.5. The van der Waals surface area contributed by atoms with Crippen LogP contribution in [0, 0.1) is 0 Å². The molecule has 2 aromatic heterocycles. The number of hydrogen-bond donors (Lipinski definition) is 1. The highest BCUT2D eigenvalue weighted by molar-refractivity contribution is 7.20. The first kappa shape index (κ1) is 18.9. The molecule has 0 bridgehead atoms. The number of carbonyl (C=O) groups is 1. The van der Waals surface area contributed by atoms with E-state index in [1.54, 1.807) is 12.3 Å². The lowest BCUT2D eigenvalue weighted by Crippen LogP contribution is -2.22. The number of nitrogens with zero attached hydrogens (tertiary/aromatic N) is 3. The van der Waals surface area contributed by atoms with Gasteiger partial charge in [0.05, 0.1) is 22.0 Å². The summed E-state index contributed by atoms with van der Waals surface area (Å²) in [6.45, 7) is 0.0419. The van der Waals surface area contributed by atoms with Crippen molar-refractivity contribution >= 4 is 27.5 Å². The number of halogens is 3. The second-order valence-electron chi connectivity index (χ2n) is 6.02. The summed E-state index contributed by atoms with van der Waals surface area (Å²) in [7, 11) is 0. The molecule has 0 fully saturated rings. The SMILES string of the molecule is O=C(NCc1cccc(OC(F)(F)F)c1)c1cnn(-c2nc3ccccc3s2)c1. The van der Waals surface area contributed by atoms with Gasteiger partial charge in [0.15, 0.2) is 0 Å². The van der Waals surface area contributed by atoms with E-state index >= 15 is 0 Å². The smallest absolute Gasteiger partial charge is 0.406 e. The first-order chi connectivity index (χ1) is 13.9. The fraction of sp³-hybridized carbons (Fsp3) is 0.105. The van der Waals surface area contributed by atoms with Crippen molar-refractivity contribution in [3.63, 3.8) is 0 Å². The van der Waals surface area contributed by atoms with Crippen LogP contribution in [0.15, 0.2) is 60.9 Å². The lowest BCUT2D eigenvalue weighted by molar-refractivity contribution is -0.274. The average molecular weight is 418 g/mol. The summed E-state index contributed by atoms with van der Waals surface area (Å²) in [5, 5.41) is 7.45. The van der Waals surface area contributed by atoms with Crippen LogP contribution in [0.25, 0.3) is 15.3 Å². The third-order valence-electron chi connectivity index (χ3n) is 3.91. The maximum absolute atomic E-state index is 12.4. The molecule has 0 saturated carbocycles. The van der Waals surface area contributed by atoms with Gasteiger partial charge in [0.1, 0.15) is 5.75 Å². The molecule has 0 unspecified atom stereocenters. The molecule has 1 N–H and O–H groups in total. The van der Waals surface area contributed by atoms with Gasteiger partial charge in [-0.3, -0.25) is 4.79 Å². The number of amides is 1. The van der Waals surface area contributed by atoms with Crippen LogP contribution in [-0.4, -0.2) is 27.0 Å². The number of carbonyl (C=O) groups excluding carboxylic acids is 1. The van der Waals surface area contributed by atoms with Crippen LogP contribution < -0.4 is 10.1 Å². The van der Waals surface area contributed by atoms with E-state index in [0.717, 1.165) is 10.2 Å². The standard InChI is InChI=1S/C19H13F3N4O2S/c20-19(21,22)28-14-5-3-4-12(8-14)9-23-17(27)13-10-24-26(11-13)18-25-15-6-1-2-7-16(15)29-18/h1-8,10-11H,9H2,(H,23,27). The molecule has 0 saturated heterocycles. The number of ether oxygens (including phenoxy) is 1. The summed E-state index contributed by atoms with van der Waals surface area (Å²) in [4.78, 5) is 16.8. The van der Waals surface area contributed by atoms with Crippen molar-refractivity contribution in [1.29, 1.82) is 0 Å². The molecule has 2 aromatic carbocycles. The molecule has 0 radical (unpaired) electrons.